The lowest BCUT2D eigenvalue weighted by Gasteiger charge is -2.17. The monoisotopic (exact) mass is 299 g/mol. The summed E-state index contributed by atoms with van der Waals surface area (Å²) in [5.74, 6) is -1.15. The van der Waals surface area contributed by atoms with Crippen LogP contribution in [0.25, 0.3) is 0 Å². The van der Waals surface area contributed by atoms with E-state index in [-0.39, 0.29) is 6.04 Å². The van der Waals surface area contributed by atoms with E-state index in [1.807, 2.05) is 6.92 Å². The first-order valence-corrected chi connectivity index (χ1v) is 6.62. The minimum atomic E-state index is -0.586. The van der Waals surface area contributed by atoms with Gasteiger partial charge in [0.2, 0.25) is 0 Å². The molecule has 0 radical (unpaired) electrons. The van der Waals surface area contributed by atoms with E-state index in [9.17, 15) is 8.78 Å². The highest BCUT2D eigenvalue weighted by Gasteiger charge is 2.20. The molecule has 0 aliphatic heterocycles. The molecular formula is C14H16ClF2N3. The molecule has 6 heteroatoms. The molecule has 0 fully saturated rings. The first kappa shape index (κ1) is 14.9. The number of nitrogens with one attached hydrogen (secondary N) is 1. The predicted octanol–water partition coefficient (Wildman–Crippen LogP) is 3.16. The molecule has 108 valence electrons. The molecule has 1 unspecified atom stereocenters. The molecule has 0 saturated heterocycles. The number of halogens is 3. The third-order valence-electron chi connectivity index (χ3n) is 3.36. The van der Waals surface area contributed by atoms with Gasteiger partial charge in [-0.1, -0.05) is 17.7 Å². The van der Waals surface area contributed by atoms with Gasteiger partial charge in [-0.3, -0.25) is 4.68 Å². The van der Waals surface area contributed by atoms with Gasteiger partial charge >= 0.3 is 0 Å². The van der Waals surface area contributed by atoms with Crippen LogP contribution in [0.2, 0.25) is 5.15 Å². The number of likely N-dealkylation sites (N-methyl/N-ethyl adjacent to an activating group) is 1. The maximum absolute atomic E-state index is 13.9. The second-order valence-corrected chi connectivity index (χ2v) is 5.05. The number of rotatable bonds is 4. The van der Waals surface area contributed by atoms with E-state index < -0.39 is 11.6 Å². The van der Waals surface area contributed by atoms with Gasteiger partial charge in [-0.15, -0.1) is 0 Å². The Bertz CT molecular complexity index is 625. The SMILES string of the molecule is CNC(Cc1c(C)nn(C)c1Cl)c1ccc(F)cc1F. The zero-order chi connectivity index (χ0) is 14.9. The molecule has 20 heavy (non-hydrogen) atoms. The van der Waals surface area contributed by atoms with Crippen LogP contribution >= 0.6 is 11.6 Å². The van der Waals surface area contributed by atoms with E-state index in [1.54, 1.807) is 18.8 Å². The summed E-state index contributed by atoms with van der Waals surface area (Å²) < 4.78 is 28.4. The van der Waals surface area contributed by atoms with Gasteiger partial charge in [-0.2, -0.15) is 5.10 Å². The van der Waals surface area contributed by atoms with Crippen LogP contribution in [-0.2, 0) is 13.5 Å². The number of aryl methyl sites for hydroxylation is 2. The van der Waals surface area contributed by atoms with Gasteiger partial charge in [-0.05, 0) is 26.5 Å². The van der Waals surface area contributed by atoms with Crippen LogP contribution in [0.4, 0.5) is 8.78 Å². The average Bonchev–Trinajstić information content (AvgIpc) is 2.62. The summed E-state index contributed by atoms with van der Waals surface area (Å²) >= 11 is 6.19. The van der Waals surface area contributed by atoms with Crippen LogP contribution < -0.4 is 5.32 Å². The van der Waals surface area contributed by atoms with E-state index in [0.717, 1.165) is 17.3 Å². The van der Waals surface area contributed by atoms with E-state index in [0.29, 0.717) is 17.1 Å². The Morgan fingerprint density at radius 3 is 2.60 bits per heavy atom. The lowest BCUT2D eigenvalue weighted by atomic mass is 9.99. The lowest BCUT2D eigenvalue weighted by molar-refractivity contribution is 0.521. The fourth-order valence-electron chi connectivity index (χ4n) is 2.26. The highest BCUT2D eigenvalue weighted by atomic mass is 35.5. The van der Waals surface area contributed by atoms with Gasteiger partial charge in [-0.25, -0.2) is 8.78 Å². The standard InChI is InChI=1S/C14H16ClF2N3/c1-8-11(14(15)20(3)19-8)7-13(18-2)10-5-4-9(16)6-12(10)17/h4-6,13,18H,7H2,1-3H3. The first-order chi connectivity index (χ1) is 9.43. The van der Waals surface area contributed by atoms with Gasteiger partial charge < -0.3 is 5.32 Å². The molecular weight excluding hydrogens is 284 g/mol. The molecule has 1 heterocycles. The van der Waals surface area contributed by atoms with Gasteiger partial charge in [0, 0.05) is 30.3 Å². The quantitative estimate of drug-likeness (QED) is 0.940. The number of benzene rings is 1. The van der Waals surface area contributed by atoms with Crippen LogP contribution in [0, 0.1) is 18.6 Å². The molecule has 0 amide bonds. The normalized spacial score (nSPS) is 12.7. The van der Waals surface area contributed by atoms with Gasteiger partial charge in [0.25, 0.3) is 0 Å². The Kier molecular flexibility index (Phi) is 4.40. The second-order valence-electron chi connectivity index (χ2n) is 4.69. The molecule has 0 saturated carbocycles. The largest absolute Gasteiger partial charge is 0.313 e. The third-order valence-corrected chi connectivity index (χ3v) is 3.84. The average molecular weight is 300 g/mol. The number of aromatic nitrogens is 2. The topological polar surface area (TPSA) is 29.9 Å². The molecule has 3 nitrogen and oxygen atoms in total. The van der Waals surface area contributed by atoms with Crippen molar-refractivity contribution in [3.8, 4) is 0 Å². The summed E-state index contributed by atoms with van der Waals surface area (Å²) in [6.07, 6.45) is 0.484. The molecule has 2 rings (SSSR count). The van der Waals surface area contributed by atoms with Crippen LogP contribution in [-0.4, -0.2) is 16.8 Å². The minimum Gasteiger partial charge on any atom is -0.313 e. The van der Waals surface area contributed by atoms with Crippen LogP contribution in [0.3, 0.4) is 0 Å². The molecule has 0 aliphatic carbocycles. The van der Waals surface area contributed by atoms with Crippen LogP contribution in [0.1, 0.15) is 22.9 Å². The van der Waals surface area contributed by atoms with Crippen LogP contribution in [0.5, 0.6) is 0 Å². The smallest absolute Gasteiger partial charge is 0.130 e. The first-order valence-electron chi connectivity index (χ1n) is 6.24. The van der Waals surface area contributed by atoms with Crippen molar-refractivity contribution in [2.24, 2.45) is 7.05 Å². The highest BCUT2D eigenvalue weighted by Crippen LogP contribution is 2.27. The Balaban J connectivity index is 2.33. The molecule has 0 aliphatic rings. The molecule has 2 aromatic rings. The predicted molar refractivity (Wildman–Crippen MR) is 74.8 cm³/mol. The lowest BCUT2D eigenvalue weighted by Crippen LogP contribution is -2.20. The van der Waals surface area contributed by atoms with Gasteiger partial charge in [0.15, 0.2) is 0 Å². The van der Waals surface area contributed by atoms with E-state index in [4.69, 9.17) is 11.6 Å². The van der Waals surface area contributed by atoms with E-state index in [1.165, 1.54) is 12.1 Å². The zero-order valence-corrected chi connectivity index (χ0v) is 12.3. The van der Waals surface area contributed by atoms with Crippen molar-refractivity contribution in [1.82, 2.24) is 15.1 Å². The Hall–Kier alpha value is -1.46. The van der Waals surface area contributed by atoms with Gasteiger partial charge in [0.05, 0.1) is 5.69 Å². The summed E-state index contributed by atoms with van der Waals surface area (Å²) in [5.41, 5.74) is 2.07. The summed E-state index contributed by atoms with van der Waals surface area (Å²) in [6.45, 7) is 1.86. The Morgan fingerprint density at radius 1 is 1.40 bits per heavy atom. The van der Waals surface area contributed by atoms with Crippen molar-refractivity contribution in [3.63, 3.8) is 0 Å². The van der Waals surface area contributed by atoms with Crippen molar-refractivity contribution in [1.29, 1.82) is 0 Å². The number of nitrogens with zero attached hydrogens (tertiary/aromatic N) is 2. The summed E-state index contributed by atoms with van der Waals surface area (Å²) in [7, 11) is 3.48. The summed E-state index contributed by atoms with van der Waals surface area (Å²) in [4.78, 5) is 0. The van der Waals surface area contributed by atoms with Gasteiger partial charge in [0.1, 0.15) is 16.8 Å². The van der Waals surface area contributed by atoms with E-state index in [2.05, 4.69) is 10.4 Å². The molecule has 1 aromatic heterocycles. The summed E-state index contributed by atoms with van der Waals surface area (Å²) in [6, 6.07) is 3.29. The van der Waals surface area contributed by atoms with Crippen molar-refractivity contribution < 1.29 is 8.78 Å². The Labute approximate surface area is 121 Å². The highest BCUT2D eigenvalue weighted by molar-refractivity contribution is 6.30. The molecule has 0 spiro atoms. The second kappa shape index (κ2) is 5.89. The van der Waals surface area contributed by atoms with Crippen LogP contribution in [0.15, 0.2) is 18.2 Å². The molecule has 1 atom stereocenters. The van der Waals surface area contributed by atoms with Crippen molar-refractivity contribution in [2.45, 2.75) is 19.4 Å². The maximum atomic E-state index is 13.9. The number of hydrogen-bond acceptors (Lipinski definition) is 2. The third kappa shape index (κ3) is 2.83. The zero-order valence-electron chi connectivity index (χ0n) is 11.5. The van der Waals surface area contributed by atoms with Crippen molar-refractivity contribution in [2.75, 3.05) is 7.05 Å². The fourth-order valence-corrected chi connectivity index (χ4v) is 2.51. The van der Waals surface area contributed by atoms with Crippen molar-refractivity contribution >= 4 is 11.6 Å². The van der Waals surface area contributed by atoms with E-state index >= 15 is 0 Å². The maximum Gasteiger partial charge on any atom is 0.130 e. The van der Waals surface area contributed by atoms with Crippen molar-refractivity contribution in [3.05, 3.63) is 51.8 Å². The minimum absolute atomic E-state index is 0.295. The number of hydrogen-bond donors (Lipinski definition) is 1. The Morgan fingerprint density at radius 2 is 2.10 bits per heavy atom. The fraction of sp³-hybridized carbons (Fsp3) is 0.357. The molecule has 0 bridgehead atoms. The molecule has 1 N–H and O–H groups in total. The molecule has 1 aromatic carbocycles. The summed E-state index contributed by atoms with van der Waals surface area (Å²) in [5, 5.41) is 7.80.